The van der Waals surface area contributed by atoms with E-state index in [0.29, 0.717) is 0 Å². The molecule has 1 aromatic rings. The van der Waals surface area contributed by atoms with E-state index in [-0.39, 0.29) is 34.8 Å². The third-order valence-electron chi connectivity index (χ3n) is 2.76. The van der Waals surface area contributed by atoms with E-state index in [0.717, 1.165) is 18.9 Å². The van der Waals surface area contributed by atoms with E-state index in [1.165, 1.54) is 12.1 Å². The van der Waals surface area contributed by atoms with Gasteiger partial charge in [0.2, 0.25) is 5.91 Å². The predicted molar refractivity (Wildman–Crippen MR) is 71.6 cm³/mol. The van der Waals surface area contributed by atoms with E-state index in [9.17, 15) is 19.7 Å². The molecule has 0 heterocycles. The Balaban J connectivity index is 1.96. The highest BCUT2D eigenvalue weighted by atomic mass is 35.5. The number of carbonyl (C=O) groups excluding carboxylic acids is 2. The first kappa shape index (κ1) is 14.3. The molecule has 7 nitrogen and oxygen atoms in total. The Labute approximate surface area is 119 Å². The number of hydrogen-bond donors (Lipinski definition) is 2. The number of amides is 2. The maximum absolute atomic E-state index is 11.8. The maximum Gasteiger partial charge on any atom is 0.288 e. The highest BCUT2D eigenvalue weighted by Crippen LogP contribution is 2.24. The van der Waals surface area contributed by atoms with Crippen LogP contribution in [0.3, 0.4) is 0 Å². The van der Waals surface area contributed by atoms with Gasteiger partial charge < -0.3 is 10.6 Å². The average molecular weight is 298 g/mol. The van der Waals surface area contributed by atoms with Gasteiger partial charge in [0.15, 0.2) is 0 Å². The molecule has 1 aliphatic rings. The van der Waals surface area contributed by atoms with Crippen LogP contribution in [0.4, 0.5) is 5.69 Å². The van der Waals surface area contributed by atoms with Gasteiger partial charge >= 0.3 is 0 Å². The fraction of sp³-hybridized carbons (Fsp3) is 0.333. The van der Waals surface area contributed by atoms with E-state index in [1.54, 1.807) is 0 Å². The fourth-order valence-corrected chi connectivity index (χ4v) is 1.75. The molecule has 2 amide bonds. The maximum atomic E-state index is 11.8. The van der Waals surface area contributed by atoms with Crippen LogP contribution in [0.2, 0.25) is 5.02 Å². The second-order valence-electron chi connectivity index (χ2n) is 4.45. The van der Waals surface area contributed by atoms with Crippen LogP contribution >= 0.6 is 11.6 Å². The SMILES string of the molecule is O=C(CNC(=O)c1ccc(Cl)c([N+](=O)[O-])c1)NC1CC1. The first-order valence-corrected chi connectivity index (χ1v) is 6.36. The molecule has 1 fully saturated rings. The van der Waals surface area contributed by atoms with Crippen LogP contribution < -0.4 is 10.6 Å². The van der Waals surface area contributed by atoms with Crippen molar-refractivity contribution in [1.29, 1.82) is 0 Å². The molecule has 0 atom stereocenters. The minimum Gasteiger partial charge on any atom is -0.352 e. The van der Waals surface area contributed by atoms with E-state index in [2.05, 4.69) is 10.6 Å². The van der Waals surface area contributed by atoms with Crippen molar-refractivity contribution in [3.8, 4) is 0 Å². The summed E-state index contributed by atoms with van der Waals surface area (Å²) in [6, 6.07) is 3.94. The van der Waals surface area contributed by atoms with Crippen molar-refractivity contribution >= 4 is 29.1 Å². The second kappa shape index (κ2) is 5.87. The van der Waals surface area contributed by atoms with Crippen molar-refractivity contribution in [3.05, 3.63) is 38.9 Å². The first-order valence-electron chi connectivity index (χ1n) is 5.99. The van der Waals surface area contributed by atoms with Crippen molar-refractivity contribution in [1.82, 2.24) is 10.6 Å². The molecule has 1 aliphatic carbocycles. The van der Waals surface area contributed by atoms with Crippen molar-refractivity contribution in [3.63, 3.8) is 0 Å². The lowest BCUT2D eigenvalue weighted by molar-refractivity contribution is -0.384. The van der Waals surface area contributed by atoms with Gasteiger partial charge in [-0.2, -0.15) is 0 Å². The minimum atomic E-state index is -0.668. The van der Waals surface area contributed by atoms with Gasteiger partial charge in [-0.3, -0.25) is 19.7 Å². The molecular formula is C12H12ClN3O4. The van der Waals surface area contributed by atoms with Gasteiger partial charge in [-0.05, 0) is 25.0 Å². The third-order valence-corrected chi connectivity index (χ3v) is 3.08. The van der Waals surface area contributed by atoms with Crippen LogP contribution in [0, 0.1) is 10.1 Å². The molecular weight excluding hydrogens is 286 g/mol. The minimum absolute atomic E-state index is 0.0435. The molecule has 0 aliphatic heterocycles. The highest BCUT2D eigenvalue weighted by Gasteiger charge is 2.23. The quantitative estimate of drug-likeness (QED) is 0.631. The molecule has 1 aromatic carbocycles. The molecule has 20 heavy (non-hydrogen) atoms. The summed E-state index contributed by atoms with van der Waals surface area (Å²) in [5.74, 6) is -0.833. The Bertz CT molecular complexity index is 572. The zero-order chi connectivity index (χ0) is 14.7. The monoisotopic (exact) mass is 297 g/mol. The molecule has 2 N–H and O–H groups in total. The smallest absolute Gasteiger partial charge is 0.288 e. The zero-order valence-corrected chi connectivity index (χ0v) is 11.1. The third kappa shape index (κ3) is 3.67. The van der Waals surface area contributed by atoms with Gasteiger partial charge in [-0.1, -0.05) is 11.6 Å². The molecule has 2 rings (SSSR count). The number of nitrogens with one attached hydrogen (secondary N) is 2. The van der Waals surface area contributed by atoms with Crippen LogP contribution in [-0.4, -0.2) is 29.3 Å². The Kier molecular flexibility index (Phi) is 4.19. The van der Waals surface area contributed by atoms with Gasteiger partial charge in [0.05, 0.1) is 11.5 Å². The molecule has 0 aromatic heterocycles. The molecule has 0 saturated heterocycles. The number of nitro benzene ring substituents is 1. The summed E-state index contributed by atoms with van der Waals surface area (Å²) in [5.41, 5.74) is -0.262. The Morgan fingerprint density at radius 2 is 2.10 bits per heavy atom. The summed E-state index contributed by atoms with van der Waals surface area (Å²) in [5, 5.41) is 15.8. The normalized spacial score (nSPS) is 13.7. The van der Waals surface area contributed by atoms with Crippen molar-refractivity contribution in [2.24, 2.45) is 0 Å². The van der Waals surface area contributed by atoms with Gasteiger partial charge in [0.1, 0.15) is 5.02 Å². The van der Waals surface area contributed by atoms with Crippen LogP contribution in [0.1, 0.15) is 23.2 Å². The standard InChI is InChI=1S/C12H12ClN3O4/c13-9-4-1-7(5-10(9)16(19)20)12(18)14-6-11(17)15-8-2-3-8/h1,4-5,8H,2-3,6H2,(H,14,18)(H,15,17). The Morgan fingerprint density at radius 3 is 2.70 bits per heavy atom. The van der Waals surface area contributed by atoms with Crippen molar-refractivity contribution < 1.29 is 14.5 Å². The lowest BCUT2D eigenvalue weighted by Gasteiger charge is -2.06. The molecule has 0 unspecified atom stereocenters. The van der Waals surface area contributed by atoms with E-state index in [1.807, 2.05) is 0 Å². The number of hydrogen-bond acceptors (Lipinski definition) is 4. The van der Waals surface area contributed by atoms with Gasteiger partial charge in [0, 0.05) is 17.7 Å². The number of benzene rings is 1. The summed E-state index contributed by atoms with van der Waals surface area (Å²) >= 11 is 5.65. The molecule has 1 saturated carbocycles. The van der Waals surface area contributed by atoms with E-state index < -0.39 is 10.8 Å². The van der Waals surface area contributed by atoms with Crippen LogP contribution in [-0.2, 0) is 4.79 Å². The number of nitro groups is 1. The molecule has 0 spiro atoms. The van der Waals surface area contributed by atoms with E-state index in [4.69, 9.17) is 11.6 Å². The summed E-state index contributed by atoms with van der Waals surface area (Å²) in [6.07, 6.45) is 1.92. The summed E-state index contributed by atoms with van der Waals surface area (Å²) in [4.78, 5) is 33.2. The van der Waals surface area contributed by atoms with E-state index >= 15 is 0 Å². The van der Waals surface area contributed by atoms with Crippen molar-refractivity contribution in [2.45, 2.75) is 18.9 Å². The first-order chi connectivity index (χ1) is 9.47. The Hall–Kier alpha value is -2.15. The largest absolute Gasteiger partial charge is 0.352 e. The fourth-order valence-electron chi connectivity index (χ4n) is 1.56. The van der Waals surface area contributed by atoms with Gasteiger partial charge in [0.25, 0.3) is 11.6 Å². The molecule has 8 heteroatoms. The van der Waals surface area contributed by atoms with Crippen LogP contribution in [0.5, 0.6) is 0 Å². The zero-order valence-electron chi connectivity index (χ0n) is 10.4. The number of rotatable bonds is 5. The lowest BCUT2D eigenvalue weighted by atomic mass is 10.2. The van der Waals surface area contributed by atoms with Crippen LogP contribution in [0.15, 0.2) is 18.2 Å². The van der Waals surface area contributed by atoms with Gasteiger partial charge in [-0.25, -0.2) is 0 Å². The average Bonchev–Trinajstić information content (AvgIpc) is 3.20. The predicted octanol–water partition coefficient (Wildman–Crippen LogP) is 1.26. The Morgan fingerprint density at radius 1 is 1.40 bits per heavy atom. The number of carbonyl (C=O) groups is 2. The summed E-state index contributed by atoms with van der Waals surface area (Å²) in [7, 11) is 0. The number of nitrogens with zero attached hydrogens (tertiary/aromatic N) is 1. The lowest BCUT2D eigenvalue weighted by Crippen LogP contribution is -2.37. The van der Waals surface area contributed by atoms with Crippen LogP contribution in [0.25, 0.3) is 0 Å². The highest BCUT2D eigenvalue weighted by molar-refractivity contribution is 6.32. The molecule has 106 valence electrons. The second-order valence-corrected chi connectivity index (χ2v) is 4.85. The summed E-state index contributed by atoms with van der Waals surface area (Å²) < 4.78 is 0. The number of halogens is 1. The topological polar surface area (TPSA) is 101 Å². The van der Waals surface area contributed by atoms with Crippen molar-refractivity contribution in [2.75, 3.05) is 6.54 Å². The van der Waals surface area contributed by atoms with Gasteiger partial charge in [-0.15, -0.1) is 0 Å². The molecule has 0 radical (unpaired) electrons. The molecule has 0 bridgehead atoms. The summed E-state index contributed by atoms with van der Waals surface area (Å²) in [6.45, 7) is -0.161.